The third-order valence-corrected chi connectivity index (χ3v) is 2.48. The van der Waals surface area contributed by atoms with E-state index in [1.54, 1.807) is 30.5 Å². The molecule has 0 saturated heterocycles. The van der Waals surface area contributed by atoms with Crippen molar-refractivity contribution in [2.45, 2.75) is 0 Å². The number of nitrogens with zero attached hydrogens (tertiary/aromatic N) is 1. The topological polar surface area (TPSA) is 62.2 Å². The second kappa shape index (κ2) is 4.65. The van der Waals surface area contributed by atoms with Crippen LogP contribution in [0.3, 0.4) is 0 Å². The second-order valence-corrected chi connectivity index (χ2v) is 3.56. The molecule has 0 aliphatic rings. The molecule has 4 nitrogen and oxygen atoms in total. The summed E-state index contributed by atoms with van der Waals surface area (Å²) in [6.45, 7) is 0. The van der Waals surface area contributed by atoms with E-state index in [2.05, 4.69) is 10.3 Å². The minimum atomic E-state index is -0.916. The number of anilines is 1. The summed E-state index contributed by atoms with van der Waals surface area (Å²) in [5.41, 5.74) is 2.19. The molecule has 0 saturated carbocycles. The van der Waals surface area contributed by atoms with Crippen LogP contribution in [0.15, 0.2) is 42.6 Å². The Balaban J connectivity index is 2.29. The van der Waals surface area contributed by atoms with Crippen molar-refractivity contribution < 1.29 is 9.90 Å². The molecule has 0 bridgehead atoms. The number of aromatic carboxylic acids is 1. The molecule has 1 aromatic heterocycles. The van der Waals surface area contributed by atoms with Gasteiger partial charge in [-0.15, -0.1) is 0 Å². The number of rotatable bonds is 3. The van der Waals surface area contributed by atoms with Crippen molar-refractivity contribution in [3.63, 3.8) is 0 Å². The van der Waals surface area contributed by atoms with E-state index in [1.165, 1.54) is 0 Å². The smallest absolute Gasteiger partial charge is 0.335 e. The summed E-state index contributed by atoms with van der Waals surface area (Å²) < 4.78 is 0. The zero-order valence-electron chi connectivity index (χ0n) is 9.34. The van der Waals surface area contributed by atoms with E-state index in [1.807, 2.05) is 19.2 Å². The van der Waals surface area contributed by atoms with Gasteiger partial charge < -0.3 is 10.4 Å². The molecular weight excluding hydrogens is 216 g/mol. The third-order valence-electron chi connectivity index (χ3n) is 2.48. The molecule has 2 aromatic rings. The van der Waals surface area contributed by atoms with Crippen LogP contribution in [-0.2, 0) is 0 Å². The molecule has 2 rings (SSSR count). The first kappa shape index (κ1) is 11.1. The van der Waals surface area contributed by atoms with E-state index >= 15 is 0 Å². The van der Waals surface area contributed by atoms with Gasteiger partial charge in [0.2, 0.25) is 0 Å². The van der Waals surface area contributed by atoms with Crippen molar-refractivity contribution in [2.75, 3.05) is 12.4 Å². The molecule has 17 heavy (non-hydrogen) atoms. The van der Waals surface area contributed by atoms with Crippen LogP contribution in [0.5, 0.6) is 0 Å². The largest absolute Gasteiger partial charge is 0.478 e. The Kier molecular flexibility index (Phi) is 3.05. The van der Waals surface area contributed by atoms with Crippen molar-refractivity contribution >= 4 is 11.8 Å². The quantitative estimate of drug-likeness (QED) is 0.847. The van der Waals surface area contributed by atoms with E-state index < -0.39 is 5.97 Å². The third kappa shape index (κ3) is 2.42. The Labute approximate surface area is 98.9 Å². The summed E-state index contributed by atoms with van der Waals surface area (Å²) in [7, 11) is 1.81. The van der Waals surface area contributed by atoms with Gasteiger partial charge in [0.05, 0.1) is 5.56 Å². The molecule has 2 N–H and O–H groups in total. The van der Waals surface area contributed by atoms with E-state index in [4.69, 9.17) is 5.11 Å². The molecule has 0 atom stereocenters. The number of nitrogens with one attached hydrogen (secondary N) is 1. The molecule has 86 valence electrons. The summed E-state index contributed by atoms with van der Waals surface area (Å²) in [5, 5.41) is 11.7. The molecule has 0 fully saturated rings. The van der Waals surface area contributed by atoms with E-state index in [9.17, 15) is 4.79 Å². The van der Waals surface area contributed by atoms with E-state index in [-0.39, 0.29) is 5.56 Å². The first-order valence-corrected chi connectivity index (χ1v) is 5.18. The molecule has 0 aliphatic heterocycles. The highest BCUT2D eigenvalue weighted by Gasteiger charge is 2.03. The Morgan fingerprint density at radius 1 is 1.12 bits per heavy atom. The van der Waals surface area contributed by atoms with Gasteiger partial charge in [0, 0.05) is 18.8 Å². The van der Waals surface area contributed by atoms with Crippen molar-refractivity contribution in [1.29, 1.82) is 0 Å². The monoisotopic (exact) mass is 228 g/mol. The lowest BCUT2D eigenvalue weighted by atomic mass is 10.1. The van der Waals surface area contributed by atoms with Crippen molar-refractivity contribution in [2.24, 2.45) is 0 Å². The fourth-order valence-electron chi connectivity index (χ4n) is 1.52. The summed E-state index contributed by atoms with van der Waals surface area (Å²) in [5.74, 6) is -0.115. The van der Waals surface area contributed by atoms with Gasteiger partial charge in [-0.2, -0.15) is 0 Å². The predicted molar refractivity (Wildman–Crippen MR) is 66.2 cm³/mol. The molecule has 1 heterocycles. The number of carboxylic acids is 1. The van der Waals surface area contributed by atoms with Crippen LogP contribution in [-0.4, -0.2) is 23.1 Å². The Morgan fingerprint density at radius 3 is 2.24 bits per heavy atom. The molecule has 4 heteroatoms. The summed E-state index contributed by atoms with van der Waals surface area (Å²) in [4.78, 5) is 14.9. The van der Waals surface area contributed by atoms with Crippen LogP contribution in [0.25, 0.3) is 11.1 Å². The van der Waals surface area contributed by atoms with Gasteiger partial charge in [0.25, 0.3) is 0 Å². The highest BCUT2D eigenvalue weighted by Crippen LogP contribution is 2.20. The molecular formula is C13H12N2O2. The van der Waals surface area contributed by atoms with Crippen molar-refractivity contribution in [3.8, 4) is 11.1 Å². The number of hydrogen-bond donors (Lipinski definition) is 2. The molecule has 1 aromatic carbocycles. The number of benzene rings is 1. The zero-order chi connectivity index (χ0) is 12.3. The van der Waals surface area contributed by atoms with Gasteiger partial charge in [-0.3, -0.25) is 0 Å². The Bertz CT molecular complexity index is 518. The maximum atomic E-state index is 10.7. The number of carbonyl (C=O) groups is 1. The SMILES string of the molecule is CNc1ccc(-c2ccc(C(=O)O)cc2)cn1. The Morgan fingerprint density at radius 2 is 1.76 bits per heavy atom. The average Bonchev–Trinajstić information content (AvgIpc) is 2.39. The van der Waals surface area contributed by atoms with Gasteiger partial charge in [-0.05, 0) is 29.8 Å². The number of carboxylic acid groups (broad SMARTS) is 1. The maximum Gasteiger partial charge on any atom is 0.335 e. The lowest BCUT2D eigenvalue weighted by Gasteiger charge is -2.03. The minimum Gasteiger partial charge on any atom is -0.478 e. The molecule has 0 radical (unpaired) electrons. The average molecular weight is 228 g/mol. The lowest BCUT2D eigenvalue weighted by Crippen LogP contribution is -1.95. The number of aromatic nitrogens is 1. The zero-order valence-corrected chi connectivity index (χ0v) is 9.34. The predicted octanol–water partition coefficient (Wildman–Crippen LogP) is 2.49. The van der Waals surface area contributed by atoms with Crippen molar-refractivity contribution in [1.82, 2.24) is 4.98 Å². The fourth-order valence-corrected chi connectivity index (χ4v) is 1.52. The van der Waals surface area contributed by atoms with E-state index in [0.29, 0.717) is 0 Å². The summed E-state index contributed by atoms with van der Waals surface area (Å²) in [6, 6.07) is 10.5. The standard InChI is InChI=1S/C13H12N2O2/c1-14-12-7-6-11(8-15-12)9-2-4-10(5-3-9)13(16)17/h2-8H,1H3,(H,14,15)(H,16,17). The van der Waals surface area contributed by atoms with Gasteiger partial charge >= 0.3 is 5.97 Å². The first-order valence-electron chi connectivity index (χ1n) is 5.18. The lowest BCUT2D eigenvalue weighted by molar-refractivity contribution is 0.0697. The van der Waals surface area contributed by atoms with Crippen LogP contribution in [0.1, 0.15) is 10.4 Å². The fraction of sp³-hybridized carbons (Fsp3) is 0.0769. The molecule has 0 spiro atoms. The normalized spacial score (nSPS) is 9.94. The number of hydrogen-bond acceptors (Lipinski definition) is 3. The van der Waals surface area contributed by atoms with Crippen LogP contribution in [0.4, 0.5) is 5.82 Å². The highest BCUT2D eigenvalue weighted by molar-refractivity contribution is 5.88. The van der Waals surface area contributed by atoms with Crippen LogP contribution >= 0.6 is 0 Å². The molecule has 0 aliphatic carbocycles. The highest BCUT2D eigenvalue weighted by atomic mass is 16.4. The maximum absolute atomic E-state index is 10.7. The minimum absolute atomic E-state index is 0.286. The van der Waals surface area contributed by atoms with E-state index in [0.717, 1.165) is 16.9 Å². The summed E-state index contributed by atoms with van der Waals surface area (Å²) in [6.07, 6.45) is 1.75. The Hall–Kier alpha value is -2.36. The summed E-state index contributed by atoms with van der Waals surface area (Å²) >= 11 is 0. The van der Waals surface area contributed by atoms with Gasteiger partial charge in [-0.25, -0.2) is 9.78 Å². The van der Waals surface area contributed by atoms with Gasteiger partial charge in [-0.1, -0.05) is 12.1 Å². The van der Waals surface area contributed by atoms with Gasteiger partial charge in [0.15, 0.2) is 0 Å². The van der Waals surface area contributed by atoms with Gasteiger partial charge in [0.1, 0.15) is 5.82 Å². The van der Waals surface area contributed by atoms with Crippen LogP contribution in [0, 0.1) is 0 Å². The first-order chi connectivity index (χ1) is 8.20. The van der Waals surface area contributed by atoms with Crippen LogP contribution < -0.4 is 5.32 Å². The van der Waals surface area contributed by atoms with Crippen LogP contribution in [0.2, 0.25) is 0 Å². The number of pyridine rings is 1. The van der Waals surface area contributed by atoms with Crippen molar-refractivity contribution in [3.05, 3.63) is 48.2 Å². The second-order valence-electron chi connectivity index (χ2n) is 3.56. The molecule has 0 amide bonds. The molecule has 0 unspecified atom stereocenters.